The molecule has 6 heteroatoms. The number of nitrogens with zero attached hydrogens (tertiary/aromatic N) is 4. The van der Waals surface area contributed by atoms with Gasteiger partial charge in [0.1, 0.15) is 0 Å². The summed E-state index contributed by atoms with van der Waals surface area (Å²) in [6, 6.07) is 16.8. The van der Waals surface area contributed by atoms with Crippen LogP contribution in [0.15, 0.2) is 59.7 Å². The number of hydrogen-bond acceptors (Lipinski definition) is 4. The van der Waals surface area contributed by atoms with Crippen LogP contribution in [-0.4, -0.2) is 73.1 Å². The van der Waals surface area contributed by atoms with Gasteiger partial charge in [-0.25, -0.2) is 0 Å². The Labute approximate surface area is 175 Å². The Hall–Kier alpha value is -2.44. The van der Waals surface area contributed by atoms with Crippen molar-refractivity contribution in [1.29, 1.82) is 0 Å². The lowest BCUT2D eigenvalue weighted by molar-refractivity contribution is 0.130. The number of aromatic nitrogens is 1. The van der Waals surface area contributed by atoms with Crippen LogP contribution >= 0.6 is 0 Å². The van der Waals surface area contributed by atoms with Crippen molar-refractivity contribution in [2.24, 2.45) is 4.99 Å². The monoisotopic (exact) mass is 394 g/mol. The van der Waals surface area contributed by atoms with Gasteiger partial charge in [-0.05, 0) is 24.6 Å². The summed E-state index contributed by atoms with van der Waals surface area (Å²) in [5, 5.41) is 6.75. The van der Waals surface area contributed by atoms with Crippen molar-refractivity contribution in [3.63, 3.8) is 0 Å². The van der Waals surface area contributed by atoms with Crippen molar-refractivity contribution in [2.75, 3.05) is 52.4 Å². The minimum absolute atomic E-state index is 0.817. The molecule has 29 heavy (non-hydrogen) atoms. The van der Waals surface area contributed by atoms with Crippen LogP contribution in [0.2, 0.25) is 0 Å². The summed E-state index contributed by atoms with van der Waals surface area (Å²) in [5.41, 5.74) is 2.50. The standard InChI is InChI=1S/C23H34N6/c1-2-24-23(26-13-11-22-10-6-7-12-25-22)27-14-15-28-16-18-29(19-17-28)20-21-8-4-3-5-9-21/h3-10,12H,2,11,13-20H2,1H3,(H2,24,26,27). The third-order valence-corrected chi connectivity index (χ3v) is 5.14. The second-order valence-electron chi connectivity index (χ2n) is 7.36. The fraction of sp³-hybridized carbons (Fsp3) is 0.478. The summed E-state index contributed by atoms with van der Waals surface area (Å²) in [6.07, 6.45) is 2.74. The van der Waals surface area contributed by atoms with Crippen LogP contribution in [0, 0.1) is 0 Å². The molecule has 1 aliphatic heterocycles. The number of hydrogen-bond donors (Lipinski definition) is 2. The average Bonchev–Trinajstić information content (AvgIpc) is 2.76. The number of aliphatic imine (C=N–C) groups is 1. The molecule has 6 nitrogen and oxygen atoms in total. The highest BCUT2D eigenvalue weighted by atomic mass is 15.3. The number of rotatable bonds is 9. The minimum Gasteiger partial charge on any atom is -0.357 e. The first kappa shape index (κ1) is 21.3. The van der Waals surface area contributed by atoms with E-state index in [9.17, 15) is 0 Å². The van der Waals surface area contributed by atoms with Crippen LogP contribution in [0.1, 0.15) is 18.2 Å². The normalized spacial score (nSPS) is 16.0. The number of nitrogens with one attached hydrogen (secondary N) is 2. The van der Waals surface area contributed by atoms with E-state index < -0.39 is 0 Å². The number of guanidine groups is 1. The molecule has 0 saturated carbocycles. The second kappa shape index (κ2) is 12.2. The van der Waals surface area contributed by atoms with Gasteiger partial charge in [-0.3, -0.25) is 19.8 Å². The zero-order chi connectivity index (χ0) is 20.2. The van der Waals surface area contributed by atoms with Crippen LogP contribution in [0.3, 0.4) is 0 Å². The van der Waals surface area contributed by atoms with Gasteiger partial charge < -0.3 is 10.6 Å². The Balaban J connectivity index is 1.35. The summed E-state index contributed by atoms with van der Waals surface area (Å²) < 4.78 is 0. The molecule has 0 bridgehead atoms. The van der Waals surface area contributed by atoms with E-state index in [0.717, 1.165) is 77.0 Å². The molecule has 1 aliphatic rings. The first-order chi connectivity index (χ1) is 14.3. The lowest BCUT2D eigenvalue weighted by atomic mass is 10.2. The predicted octanol–water partition coefficient (Wildman–Crippen LogP) is 2.00. The molecule has 0 radical (unpaired) electrons. The van der Waals surface area contributed by atoms with E-state index in [-0.39, 0.29) is 0 Å². The maximum absolute atomic E-state index is 4.74. The molecule has 2 N–H and O–H groups in total. The lowest BCUT2D eigenvalue weighted by Gasteiger charge is -2.34. The van der Waals surface area contributed by atoms with Crippen LogP contribution in [0.25, 0.3) is 0 Å². The molecular weight excluding hydrogens is 360 g/mol. The van der Waals surface area contributed by atoms with Gasteiger partial charge in [-0.15, -0.1) is 0 Å². The molecule has 1 fully saturated rings. The molecule has 3 rings (SSSR count). The predicted molar refractivity (Wildman–Crippen MR) is 120 cm³/mol. The Morgan fingerprint density at radius 3 is 2.45 bits per heavy atom. The van der Waals surface area contributed by atoms with Gasteiger partial charge in [-0.1, -0.05) is 36.4 Å². The number of pyridine rings is 1. The zero-order valence-electron chi connectivity index (χ0n) is 17.6. The Morgan fingerprint density at radius 2 is 1.72 bits per heavy atom. The van der Waals surface area contributed by atoms with E-state index in [1.807, 2.05) is 18.3 Å². The third kappa shape index (κ3) is 7.83. The quantitative estimate of drug-likeness (QED) is 0.503. The van der Waals surface area contributed by atoms with Gasteiger partial charge in [0, 0.05) is 70.7 Å². The summed E-state index contributed by atoms with van der Waals surface area (Å²) in [7, 11) is 0. The number of piperazine rings is 1. The third-order valence-electron chi connectivity index (χ3n) is 5.14. The van der Waals surface area contributed by atoms with Gasteiger partial charge in [0.05, 0.1) is 6.54 Å². The van der Waals surface area contributed by atoms with Gasteiger partial charge in [0.15, 0.2) is 5.96 Å². The van der Waals surface area contributed by atoms with Gasteiger partial charge in [0.25, 0.3) is 0 Å². The highest BCUT2D eigenvalue weighted by Gasteiger charge is 2.16. The van der Waals surface area contributed by atoms with Crippen molar-refractivity contribution in [3.05, 3.63) is 66.0 Å². The van der Waals surface area contributed by atoms with E-state index in [2.05, 4.69) is 68.7 Å². The fourth-order valence-corrected chi connectivity index (χ4v) is 3.51. The van der Waals surface area contributed by atoms with Crippen molar-refractivity contribution >= 4 is 5.96 Å². The second-order valence-corrected chi connectivity index (χ2v) is 7.36. The maximum Gasteiger partial charge on any atom is 0.191 e. The van der Waals surface area contributed by atoms with Crippen molar-refractivity contribution < 1.29 is 0 Å². The molecule has 0 amide bonds. The Bertz CT molecular complexity index is 711. The smallest absolute Gasteiger partial charge is 0.191 e. The van der Waals surface area contributed by atoms with Gasteiger partial charge in [-0.2, -0.15) is 0 Å². The maximum atomic E-state index is 4.74. The molecule has 156 valence electrons. The van der Waals surface area contributed by atoms with Crippen LogP contribution in [0.5, 0.6) is 0 Å². The summed E-state index contributed by atoms with van der Waals surface area (Å²) in [5.74, 6) is 0.895. The first-order valence-corrected chi connectivity index (χ1v) is 10.7. The van der Waals surface area contributed by atoms with E-state index in [1.165, 1.54) is 5.56 Å². The van der Waals surface area contributed by atoms with E-state index in [1.54, 1.807) is 0 Å². The SMILES string of the molecule is CCNC(=NCCN1CCN(Cc2ccccc2)CC1)NCCc1ccccn1. The molecule has 0 spiro atoms. The summed E-state index contributed by atoms with van der Waals surface area (Å²) >= 11 is 0. The largest absolute Gasteiger partial charge is 0.357 e. The zero-order valence-corrected chi connectivity index (χ0v) is 17.6. The first-order valence-electron chi connectivity index (χ1n) is 10.7. The van der Waals surface area contributed by atoms with E-state index >= 15 is 0 Å². The molecule has 1 aromatic carbocycles. The van der Waals surface area contributed by atoms with Crippen LogP contribution < -0.4 is 10.6 Å². The van der Waals surface area contributed by atoms with Crippen LogP contribution in [-0.2, 0) is 13.0 Å². The lowest BCUT2D eigenvalue weighted by Crippen LogP contribution is -2.46. The molecule has 1 saturated heterocycles. The topological polar surface area (TPSA) is 55.8 Å². The summed E-state index contributed by atoms with van der Waals surface area (Å²) in [4.78, 5) is 14.2. The molecule has 2 aromatic rings. The number of benzene rings is 1. The van der Waals surface area contributed by atoms with E-state index in [4.69, 9.17) is 4.99 Å². The molecule has 0 unspecified atom stereocenters. The van der Waals surface area contributed by atoms with Crippen molar-refractivity contribution in [3.8, 4) is 0 Å². The molecule has 0 aliphatic carbocycles. The van der Waals surface area contributed by atoms with E-state index in [0.29, 0.717) is 0 Å². The molecular formula is C23H34N6. The molecule has 0 atom stereocenters. The summed E-state index contributed by atoms with van der Waals surface area (Å²) in [6.45, 7) is 11.2. The van der Waals surface area contributed by atoms with Gasteiger partial charge in [0.2, 0.25) is 0 Å². The average molecular weight is 395 g/mol. The minimum atomic E-state index is 0.817. The Kier molecular flexibility index (Phi) is 8.94. The molecule has 2 heterocycles. The van der Waals surface area contributed by atoms with Gasteiger partial charge >= 0.3 is 0 Å². The van der Waals surface area contributed by atoms with Crippen molar-refractivity contribution in [1.82, 2.24) is 25.4 Å². The Morgan fingerprint density at radius 1 is 0.966 bits per heavy atom. The highest BCUT2D eigenvalue weighted by molar-refractivity contribution is 5.79. The molecule has 1 aromatic heterocycles. The van der Waals surface area contributed by atoms with Crippen molar-refractivity contribution in [2.45, 2.75) is 19.9 Å². The van der Waals surface area contributed by atoms with Crippen LogP contribution in [0.4, 0.5) is 0 Å². The highest BCUT2D eigenvalue weighted by Crippen LogP contribution is 2.08. The fourth-order valence-electron chi connectivity index (χ4n) is 3.51.